The molecule has 1 aromatic carbocycles. The maximum Gasteiger partial charge on any atom is 0.408 e. The van der Waals surface area contributed by atoms with Crippen molar-refractivity contribution in [2.45, 2.75) is 85.5 Å². The van der Waals surface area contributed by atoms with Gasteiger partial charge in [-0.25, -0.2) is 4.79 Å². The quantitative estimate of drug-likeness (QED) is 0.603. The number of ether oxygens (including phenoxy) is 1. The van der Waals surface area contributed by atoms with Gasteiger partial charge in [-0.3, -0.25) is 9.59 Å². The molecule has 0 heterocycles. The molecule has 0 fully saturated rings. The number of nitriles is 1. The fourth-order valence-corrected chi connectivity index (χ4v) is 3.28. The number of alkyl carbamates (subject to hydrolysis) is 1. The summed E-state index contributed by atoms with van der Waals surface area (Å²) in [5, 5.41) is 15.1. The molecule has 0 bridgehead atoms. The first-order valence-corrected chi connectivity index (χ1v) is 11.1. The first-order valence-electron chi connectivity index (χ1n) is 11.1. The summed E-state index contributed by atoms with van der Waals surface area (Å²) in [4.78, 5) is 40.8. The maximum atomic E-state index is 13.7. The van der Waals surface area contributed by atoms with E-state index in [0.717, 1.165) is 5.56 Å². The van der Waals surface area contributed by atoms with Crippen LogP contribution in [0, 0.1) is 24.2 Å². The lowest BCUT2D eigenvalue weighted by molar-refractivity contribution is -0.143. The van der Waals surface area contributed by atoms with Crippen LogP contribution in [0.25, 0.3) is 0 Å². The van der Waals surface area contributed by atoms with Crippen LogP contribution in [0.2, 0.25) is 0 Å². The van der Waals surface area contributed by atoms with E-state index in [1.165, 1.54) is 4.90 Å². The number of hydrogen-bond acceptors (Lipinski definition) is 5. The summed E-state index contributed by atoms with van der Waals surface area (Å²) in [6.45, 7) is 15.8. The van der Waals surface area contributed by atoms with Gasteiger partial charge >= 0.3 is 6.09 Å². The van der Waals surface area contributed by atoms with Crippen LogP contribution in [0.4, 0.5) is 4.79 Å². The van der Waals surface area contributed by atoms with Crippen molar-refractivity contribution in [3.05, 3.63) is 35.4 Å². The highest BCUT2D eigenvalue weighted by Crippen LogP contribution is 2.27. The van der Waals surface area contributed by atoms with Crippen LogP contribution >= 0.6 is 0 Å². The third-order valence-corrected chi connectivity index (χ3v) is 4.67. The van der Waals surface area contributed by atoms with Crippen LogP contribution in [0.15, 0.2) is 24.3 Å². The van der Waals surface area contributed by atoms with Gasteiger partial charge in [-0.2, -0.15) is 5.26 Å². The van der Waals surface area contributed by atoms with E-state index in [2.05, 4.69) is 10.6 Å². The molecule has 1 rings (SSSR count). The van der Waals surface area contributed by atoms with Crippen LogP contribution in [0.3, 0.4) is 0 Å². The fraction of sp³-hybridized carbons (Fsp3) is 0.600. The Hall–Kier alpha value is -3.08. The second kappa shape index (κ2) is 11.2. The fourth-order valence-electron chi connectivity index (χ4n) is 3.28. The highest BCUT2D eigenvalue weighted by Gasteiger charge is 2.38. The van der Waals surface area contributed by atoms with E-state index in [0.29, 0.717) is 5.56 Å². The summed E-state index contributed by atoms with van der Waals surface area (Å²) in [7, 11) is 0. The van der Waals surface area contributed by atoms with E-state index < -0.39 is 41.1 Å². The van der Waals surface area contributed by atoms with Crippen molar-refractivity contribution in [2.75, 3.05) is 6.54 Å². The van der Waals surface area contributed by atoms with E-state index >= 15 is 0 Å². The third-order valence-electron chi connectivity index (χ3n) is 4.67. The lowest BCUT2D eigenvalue weighted by Crippen LogP contribution is -2.56. The van der Waals surface area contributed by atoms with Crippen molar-refractivity contribution in [1.29, 1.82) is 5.26 Å². The number of benzene rings is 1. The summed E-state index contributed by atoms with van der Waals surface area (Å²) in [6.07, 6.45) is -0.738. The van der Waals surface area contributed by atoms with Crippen LogP contribution in [0.1, 0.15) is 72.6 Å². The molecule has 0 aliphatic heterocycles. The van der Waals surface area contributed by atoms with Crippen molar-refractivity contribution in [2.24, 2.45) is 5.92 Å². The van der Waals surface area contributed by atoms with E-state index in [1.54, 1.807) is 46.8 Å². The number of nitrogens with zero attached hydrogens (tertiary/aromatic N) is 2. The van der Waals surface area contributed by atoms with Gasteiger partial charge < -0.3 is 20.3 Å². The summed E-state index contributed by atoms with van der Waals surface area (Å²) < 4.78 is 5.32. The number of carbonyl (C=O) groups excluding carboxylic acids is 3. The Bertz CT molecular complexity index is 891. The van der Waals surface area contributed by atoms with Crippen molar-refractivity contribution in [1.82, 2.24) is 15.5 Å². The highest BCUT2D eigenvalue weighted by molar-refractivity contribution is 5.92. The van der Waals surface area contributed by atoms with Crippen molar-refractivity contribution in [3.63, 3.8) is 0 Å². The summed E-state index contributed by atoms with van der Waals surface area (Å²) in [6, 6.07) is 7.22. The Morgan fingerprint density at radius 2 is 1.67 bits per heavy atom. The normalized spacial score (nSPS) is 13.5. The first kappa shape index (κ1) is 28.0. The predicted octanol–water partition coefficient (Wildman–Crippen LogP) is 3.85. The van der Waals surface area contributed by atoms with Gasteiger partial charge in [-0.15, -0.1) is 0 Å². The molecule has 0 radical (unpaired) electrons. The zero-order valence-electron chi connectivity index (χ0n) is 21.3. The van der Waals surface area contributed by atoms with Gasteiger partial charge in [0.25, 0.3) is 0 Å². The molecule has 2 N–H and O–H groups in total. The number of hydrogen-bond donors (Lipinski definition) is 2. The average molecular weight is 459 g/mol. The minimum absolute atomic E-state index is 0.311. The number of rotatable bonds is 7. The zero-order valence-corrected chi connectivity index (χ0v) is 21.3. The Balaban J connectivity index is 3.47. The molecule has 2 atom stereocenters. The summed E-state index contributed by atoms with van der Waals surface area (Å²) in [5.74, 6) is -1.25. The van der Waals surface area contributed by atoms with Crippen molar-refractivity contribution < 1.29 is 19.1 Å². The smallest absolute Gasteiger partial charge is 0.408 e. The topological polar surface area (TPSA) is 112 Å². The number of aryl methyl sites for hydroxylation is 1. The van der Waals surface area contributed by atoms with Gasteiger partial charge in [0.05, 0.1) is 6.07 Å². The Morgan fingerprint density at radius 1 is 1.09 bits per heavy atom. The molecule has 3 amide bonds. The van der Waals surface area contributed by atoms with Crippen LogP contribution in [0.5, 0.6) is 0 Å². The van der Waals surface area contributed by atoms with E-state index in [-0.39, 0.29) is 12.5 Å². The molecule has 33 heavy (non-hydrogen) atoms. The molecule has 0 spiro atoms. The zero-order chi connectivity index (χ0) is 25.6. The van der Waals surface area contributed by atoms with Gasteiger partial charge in [0, 0.05) is 5.54 Å². The lowest BCUT2D eigenvalue weighted by Gasteiger charge is -2.36. The van der Waals surface area contributed by atoms with Gasteiger partial charge in [0.15, 0.2) is 0 Å². The Kier molecular flexibility index (Phi) is 9.46. The minimum atomic E-state index is -1.04. The molecule has 182 valence electrons. The van der Waals surface area contributed by atoms with E-state index in [9.17, 15) is 19.6 Å². The second-order valence-corrected chi connectivity index (χ2v) is 10.5. The van der Waals surface area contributed by atoms with Crippen molar-refractivity contribution in [3.8, 4) is 6.07 Å². The Morgan fingerprint density at radius 3 is 2.12 bits per heavy atom. The van der Waals surface area contributed by atoms with E-state index in [4.69, 9.17) is 4.74 Å². The van der Waals surface area contributed by atoms with Gasteiger partial charge in [-0.1, -0.05) is 38.1 Å². The number of amides is 3. The van der Waals surface area contributed by atoms with Gasteiger partial charge in [-0.05, 0) is 65.5 Å². The van der Waals surface area contributed by atoms with Crippen LogP contribution in [-0.4, -0.2) is 46.5 Å². The molecule has 8 nitrogen and oxygen atoms in total. The van der Waals surface area contributed by atoms with Crippen LogP contribution < -0.4 is 10.6 Å². The largest absolute Gasteiger partial charge is 0.444 e. The number of nitrogens with one attached hydrogen (secondary N) is 2. The third kappa shape index (κ3) is 8.76. The van der Waals surface area contributed by atoms with E-state index in [1.807, 2.05) is 45.9 Å². The molecule has 2 unspecified atom stereocenters. The second-order valence-electron chi connectivity index (χ2n) is 10.5. The maximum absolute atomic E-state index is 13.7. The monoisotopic (exact) mass is 458 g/mol. The first-order chi connectivity index (χ1) is 15.1. The highest BCUT2D eigenvalue weighted by atomic mass is 16.6. The SMILES string of the molecule is Cc1ccccc1C(C(=O)NC(C)(C)C)N(CC#N)C(=O)C(NC(=O)OC(C)(C)C)C(C)C. The minimum Gasteiger partial charge on any atom is -0.444 e. The molecule has 1 aromatic rings. The predicted molar refractivity (Wildman–Crippen MR) is 127 cm³/mol. The van der Waals surface area contributed by atoms with Gasteiger partial charge in [0.1, 0.15) is 24.2 Å². The summed E-state index contributed by atoms with van der Waals surface area (Å²) >= 11 is 0. The number of carbonyl (C=O) groups is 3. The van der Waals surface area contributed by atoms with Crippen LogP contribution in [-0.2, 0) is 14.3 Å². The standard InChI is InChI=1S/C25H38N4O4/c1-16(2)19(27-23(32)33-25(7,8)9)22(31)29(15-14-26)20(21(30)28-24(4,5)6)18-13-11-10-12-17(18)3/h10-13,16,19-20H,15H2,1-9H3,(H,27,32)(H,28,30). The molecule has 0 aliphatic carbocycles. The molecular weight excluding hydrogens is 420 g/mol. The molecule has 0 saturated heterocycles. The molecule has 0 saturated carbocycles. The molecule has 8 heteroatoms. The lowest BCUT2D eigenvalue weighted by atomic mass is 9.95. The van der Waals surface area contributed by atoms with Crippen molar-refractivity contribution >= 4 is 17.9 Å². The Labute approximate surface area is 197 Å². The summed E-state index contributed by atoms with van der Waals surface area (Å²) in [5.41, 5.74) is 0.134. The molecular formula is C25H38N4O4. The average Bonchev–Trinajstić information content (AvgIpc) is 2.63. The molecule has 0 aromatic heterocycles. The van der Waals surface area contributed by atoms with Gasteiger partial charge in [0.2, 0.25) is 11.8 Å². The molecule has 0 aliphatic rings.